The Morgan fingerprint density at radius 1 is 0.970 bits per heavy atom. The molecular formula is C25H21N3O3S2. The van der Waals surface area contributed by atoms with Crippen LogP contribution in [-0.4, -0.2) is 30.2 Å². The minimum atomic E-state index is -3.72. The van der Waals surface area contributed by atoms with Crippen molar-refractivity contribution >= 4 is 33.0 Å². The van der Waals surface area contributed by atoms with Crippen LogP contribution in [0.3, 0.4) is 0 Å². The molecule has 1 N–H and O–H groups in total. The van der Waals surface area contributed by atoms with E-state index in [4.69, 9.17) is 0 Å². The standard InChI is InChI=1S/C25H21N3O3S2/c29-24(27-22-10-8-19(9-11-22)25-26-13-15-32-25)20-6-3-7-23(16-20)33(30,31)28-14-12-18-4-1-2-5-21(18)17-28/h1-11,13,15-16H,12,14,17H2,(H,27,29). The third kappa shape index (κ3) is 4.45. The van der Waals surface area contributed by atoms with Crippen LogP contribution >= 0.6 is 11.3 Å². The second-order valence-electron chi connectivity index (χ2n) is 7.75. The van der Waals surface area contributed by atoms with Gasteiger partial charge in [0.2, 0.25) is 10.0 Å². The Morgan fingerprint density at radius 2 is 1.76 bits per heavy atom. The van der Waals surface area contributed by atoms with Crippen molar-refractivity contribution in [3.05, 3.63) is 101 Å². The maximum absolute atomic E-state index is 13.3. The molecule has 0 spiro atoms. The number of thiazole rings is 1. The Balaban J connectivity index is 1.33. The maximum atomic E-state index is 13.3. The summed E-state index contributed by atoms with van der Waals surface area (Å²) in [5.41, 5.74) is 4.08. The second kappa shape index (κ2) is 8.90. The van der Waals surface area contributed by atoms with Crippen LogP contribution in [0.25, 0.3) is 10.6 Å². The molecule has 3 aromatic carbocycles. The second-order valence-corrected chi connectivity index (χ2v) is 10.6. The summed E-state index contributed by atoms with van der Waals surface area (Å²) < 4.78 is 28.0. The van der Waals surface area contributed by atoms with Crippen molar-refractivity contribution in [2.24, 2.45) is 0 Å². The number of nitrogens with one attached hydrogen (secondary N) is 1. The molecule has 0 saturated heterocycles. The van der Waals surface area contributed by atoms with E-state index < -0.39 is 10.0 Å². The highest BCUT2D eigenvalue weighted by molar-refractivity contribution is 7.89. The first-order valence-corrected chi connectivity index (χ1v) is 12.8. The van der Waals surface area contributed by atoms with E-state index in [1.54, 1.807) is 41.8 Å². The van der Waals surface area contributed by atoms with E-state index in [0.717, 1.165) is 16.1 Å². The molecule has 33 heavy (non-hydrogen) atoms. The summed E-state index contributed by atoms with van der Waals surface area (Å²) in [6.45, 7) is 0.752. The summed E-state index contributed by atoms with van der Waals surface area (Å²) in [6.07, 6.45) is 2.42. The van der Waals surface area contributed by atoms with Gasteiger partial charge in [0.15, 0.2) is 0 Å². The van der Waals surface area contributed by atoms with E-state index in [-0.39, 0.29) is 16.4 Å². The third-order valence-electron chi connectivity index (χ3n) is 5.65. The quantitative estimate of drug-likeness (QED) is 0.449. The lowest BCUT2D eigenvalue weighted by atomic mass is 10.0. The fraction of sp³-hybridized carbons (Fsp3) is 0.120. The molecule has 1 aromatic heterocycles. The van der Waals surface area contributed by atoms with Crippen molar-refractivity contribution in [1.29, 1.82) is 0 Å². The van der Waals surface area contributed by atoms with Crippen LogP contribution in [0.5, 0.6) is 0 Å². The zero-order valence-electron chi connectivity index (χ0n) is 17.6. The van der Waals surface area contributed by atoms with Gasteiger partial charge in [0.1, 0.15) is 5.01 Å². The molecule has 1 aliphatic heterocycles. The first-order chi connectivity index (χ1) is 16.0. The number of anilines is 1. The van der Waals surface area contributed by atoms with Gasteiger partial charge < -0.3 is 5.32 Å². The number of rotatable bonds is 5. The Labute approximate surface area is 196 Å². The van der Waals surface area contributed by atoms with Crippen LogP contribution in [-0.2, 0) is 23.0 Å². The zero-order chi connectivity index (χ0) is 22.8. The first-order valence-electron chi connectivity index (χ1n) is 10.5. The molecule has 1 amide bonds. The molecule has 0 bridgehead atoms. The summed E-state index contributed by atoms with van der Waals surface area (Å²) in [5.74, 6) is -0.363. The average Bonchev–Trinajstić information content (AvgIpc) is 3.39. The third-order valence-corrected chi connectivity index (χ3v) is 8.32. The summed E-state index contributed by atoms with van der Waals surface area (Å²) >= 11 is 1.55. The van der Waals surface area contributed by atoms with Gasteiger partial charge in [0, 0.05) is 41.5 Å². The van der Waals surface area contributed by atoms with Crippen LogP contribution in [0.1, 0.15) is 21.5 Å². The topological polar surface area (TPSA) is 79.4 Å². The molecule has 2 heterocycles. The van der Waals surface area contributed by atoms with Crippen LogP contribution in [0.15, 0.2) is 89.3 Å². The van der Waals surface area contributed by atoms with Gasteiger partial charge in [-0.05, 0) is 60.0 Å². The molecule has 0 unspecified atom stereocenters. The Hall–Kier alpha value is -3.33. The number of amides is 1. The number of carbonyl (C=O) groups excluding carboxylic acids is 1. The molecule has 6 nitrogen and oxygen atoms in total. The fourth-order valence-corrected chi connectivity index (χ4v) is 6.00. The molecule has 0 aliphatic carbocycles. The first kappa shape index (κ1) is 21.5. The minimum absolute atomic E-state index is 0.119. The van der Waals surface area contributed by atoms with E-state index in [9.17, 15) is 13.2 Å². The number of aromatic nitrogens is 1. The Kier molecular flexibility index (Phi) is 5.80. The van der Waals surface area contributed by atoms with Crippen LogP contribution in [0, 0.1) is 0 Å². The average molecular weight is 476 g/mol. The lowest BCUT2D eigenvalue weighted by Crippen LogP contribution is -2.36. The van der Waals surface area contributed by atoms with E-state index in [1.165, 1.54) is 22.0 Å². The SMILES string of the molecule is O=C(Nc1ccc(-c2nccs2)cc1)c1cccc(S(=O)(=O)N2CCc3ccccc3C2)c1. The lowest BCUT2D eigenvalue weighted by molar-refractivity contribution is 0.102. The Morgan fingerprint density at radius 3 is 2.52 bits per heavy atom. The Bertz CT molecular complexity index is 1400. The van der Waals surface area contributed by atoms with Crippen molar-refractivity contribution in [2.75, 3.05) is 11.9 Å². The number of hydrogen-bond donors (Lipinski definition) is 1. The zero-order valence-corrected chi connectivity index (χ0v) is 19.3. The van der Waals surface area contributed by atoms with Gasteiger partial charge in [0.05, 0.1) is 4.90 Å². The number of nitrogens with zero attached hydrogens (tertiary/aromatic N) is 2. The highest BCUT2D eigenvalue weighted by Gasteiger charge is 2.28. The molecule has 5 rings (SSSR count). The van der Waals surface area contributed by atoms with Crippen LogP contribution in [0.2, 0.25) is 0 Å². The van der Waals surface area contributed by atoms with Crippen LogP contribution < -0.4 is 5.32 Å². The van der Waals surface area contributed by atoms with Gasteiger partial charge in [-0.25, -0.2) is 13.4 Å². The number of benzene rings is 3. The summed E-state index contributed by atoms with van der Waals surface area (Å²) in [4.78, 5) is 17.2. The van der Waals surface area contributed by atoms with E-state index in [1.807, 2.05) is 41.8 Å². The molecule has 0 atom stereocenters. The number of carbonyl (C=O) groups is 1. The molecular weight excluding hydrogens is 454 g/mol. The van der Waals surface area contributed by atoms with Gasteiger partial charge in [-0.15, -0.1) is 11.3 Å². The molecule has 1 aliphatic rings. The number of hydrogen-bond acceptors (Lipinski definition) is 5. The summed E-state index contributed by atoms with van der Waals surface area (Å²) in [7, 11) is -3.72. The predicted octanol–water partition coefficient (Wildman–Crippen LogP) is 4.81. The molecule has 8 heteroatoms. The monoisotopic (exact) mass is 475 g/mol. The molecule has 0 radical (unpaired) electrons. The fourth-order valence-electron chi connectivity index (χ4n) is 3.89. The largest absolute Gasteiger partial charge is 0.322 e. The van der Waals surface area contributed by atoms with E-state index >= 15 is 0 Å². The summed E-state index contributed by atoms with van der Waals surface area (Å²) in [6, 6.07) is 21.5. The molecule has 4 aromatic rings. The lowest BCUT2D eigenvalue weighted by Gasteiger charge is -2.28. The van der Waals surface area contributed by atoms with Gasteiger partial charge in [-0.1, -0.05) is 30.3 Å². The highest BCUT2D eigenvalue weighted by atomic mass is 32.2. The highest BCUT2D eigenvalue weighted by Crippen LogP contribution is 2.26. The molecule has 166 valence electrons. The van der Waals surface area contributed by atoms with Crippen LogP contribution in [0.4, 0.5) is 5.69 Å². The molecule has 0 saturated carbocycles. The van der Waals surface area contributed by atoms with Gasteiger partial charge >= 0.3 is 0 Å². The van der Waals surface area contributed by atoms with E-state index in [2.05, 4.69) is 10.3 Å². The minimum Gasteiger partial charge on any atom is -0.322 e. The van der Waals surface area contributed by atoms with Crippen molar-refractivity contribution in [3.8, 4) is 10.6 Å². The van der Waals surface area contributed by atoms with Gasteiger partial charge in [-0.3, -0.25) is 4.79 Å². The number of fused-ring (bicyclic) bond motifs is 1. The normalized spacial score (nSPS) is 13.9. The maximum Gasteiger partial charge on any atom is 0.255 e. The molecule has 0 fully saturated rings. The van der Waals surface area contributed by atoms with Gasteiger partial charge in [0.25, 0.3) is 5.91 Å². The smallest absolute Gasteiger partial charge is 0.255 e. The predicted molar refractivity (Wildman–Crippen MR) is 130 cm³/mol. The van der Waals surface area contributed by atoms with E-state index in [0.29, 0.717) is 25.2 Å². The summed E-state index contributed by atoms with van der Waals surface area (Å²) in [5, 5.41) is 5.66. The van der Waals surface area contributed by atoms with Crippen molar-refractivity contribution < 1.29 is 13.2 Å². The number of sulfonamides is 1. The van der Waals surface area contributed by atoms with Gasteiger partial charge in [-0.2, -0.15) is 4.31 Å². The van der Waals surface area contributed by atoms with Crippen molar-refractivity contribution in [1.82, 2.24) is 9.29 Å². The van der Waals surface area contributed by atoms with Crippen molar-refractivity contribution in [2.45, 2.75) is 17.9 Å². The van der Waals surface area contributed by atoms with Crippen molar-refractivity contribution in [3.63, 3.8) is 0 Å².